The fraction of sp³-hybridized carbons (Fsp3) is 0.600. The molecule has 1 atom stereocenters. The number of pyridine rings is 1. The van der Waals surface area contributed by atoms with Crippen molar-refractivity contribution in [1.82, 2.24) is 14.8 Å². The molecule has 0 bridgehead atoms. The van der Waals surface area contributed by atoms with E-state index in [-0.39, 0.29) is 17.2 Å². The van der Waals surface area contributed by atoms with Gasteiger partial charge in [-0.3, -0.25) is 4.79 Å². The Morgan fingerprint density at radius 2 is 2.20 bits per heavy atom. The third-order valence-electron chi connectivity index (χ3n) is 4.09. The van der Waals surface area contributed by atoms with Crippen LogP contribution >= 0.6 is 0 Å². The molecule has 2 aromatic heterocycles. The summed E-state index contributed by atoms with van der Waals surface area (Å²) in [6.45, 7) is 8.89. The molecular formula is C15H21N3O2. The lowest BCUT2D eigenvalue weighted by atomic mass is 9.94. The van der Waals surface area contributed by atoms with Gasteiger partial charge in [0, 0.05) is 18.1 Å². The van der Waals surface area contributed by atoms with E-state index in [1.807, 2.05) is 18.5 Å². The van der Waals surface area contributed by atoms with Gasteiger partial charge in [-0.25, -0.2) is 4.68 Å². The number of nitrogens with one attached hydrogen (secondary N) is 1. The second kappa shape index (κ2) is 4.45. The summed E-state index contributed by atoms with van der Waals surface area (Å²) >= 11 is 0. The van der Waals surface area contributed by atoms with Crippen LogP contribution in [0.25, 0.3) is 11.0 Å². The summed E-state index contributed by atoms with van der Waals surface area (Å²) in [5.41, 5.74) is 2.59. The van der Waals surface area contributed by atoms with E-state index in [1.54, 1.807) is 6.07 Å². The Kier molecular flexibility index (Phi) is 2.97. The predicted molar refractivity (Wildman–Crippen MR) is 78.1 cm³/mol. The number of nitrogens with zero attached hydrogens (tertiary/aromatic N) is 2. The van der Waals surface area contributed by atoms with Crippen molar-refractivity contribution < 1.29 is 4.74 Å². The van der Waals surface area contributed by atoms with Gasteiger partial charge in [-0.2, -0.15) is 5.10 Å². The Labute approximate surface area is 117 Å². The molecule has 0 spiro atoms. The second-order valence-corrected chi connectivity index (χ2v) is 6.32. The molecular weight excluding hydrogens is 254 g/mol. The van der Waals surface area contributed by atoms with E-state index >= 15 is 0 Å². The van der Waals surface area contributed by atoms with Gasteiger partial charge >= 0.3 is 0 Å². The molecule has 1 fully saturated rings. The third-order valence-corrected chi connectivity index (χ3v) is 4.09. The van der Waals surface area contributed by atoms with Gasteiger partial charge in [0.1, 0.15) is 5.65 Å². The van der Waals surface area contributed by atoms with Crippen molar-refractivity contribution in [2.45, 2.75) is 52.2 Å². The van der Waals surface area contributed by atoms with Gasteiger partial charge < -0.3 is 9.72 Å². The lowest BCUT2D eigenvalue weighted by Crippen LogP contribution is -2.35. The molecule has 5 heteroatoms. The Bertz CT molecular complexity index is 712. The first-order chi connectivity index (χ1) is 9.37. The topological polar surface area (TPSA) is 59.9 Å². The molecule has 3 heterocycles. The number of H-pyrrole nitrogens is 1. The summed E-state index contributed by atoms with van der Waals surface area (Å²) in [7, 11) is 0. The smallest absolute Gasteiger partial charge is 0.249 e. The summed E-state index contributed by atoms with van der Waals surface area (Å²) < 4.78 is 7.76. The SMILES string of the molecule is Cc1cc(=O)[nH]c2c1c(C)nn2[C@@H]1CCOC(C)(C)C1. The Hall–Kier alpha value is -1.62. The molecule has 20 heavy (non-hydrogen) atoms. The molecule has 1 aliphatic heterocycles. The van der Waals surface area contributed by atoms with Gasteiger partial charge in [0.25, 0.3) is 0 Å². The van der Waals surface area contributed by atoms with Crippen LogP contribution in [-0.2, 0) is 4.74 Å². The molecule has 0 aliphatic carbocycles. The Morgan fingerprint density at radius 3 is 2.90 bits per heavy atom. The number of aromatic nitrogens is 3. The minimum atomic E-state index is -0.140. The van der Waals surface area contributed by atoms with Crippen molar-refractivity contribution in [3.8, 4) is 0 Å². The van der Waals surface area contributed by atoms with Crippen molar-refractivity contribution in [3.05, 3.63) is 27.7 Å². The van der Waals surface area contributed by atoms with E-state index in [4.69, 9.17) is 4.74 Å². The number of aryl methyl sites for hydroxylation is 2. The maximum Gasteiger partial charge on any atom is 0.249 e. The van der Waals surface area contributed by atoms with E-state index in [2.05, 4.69) is 23.9 Å². The van der Waals surface area contributed by atoms with Gasteiger partial charge in [0.05, 0.1) is 17.3 Å². The van der Waals surface area contributed by atoms with Crippen molar-refractivity contribution in [3.63, 3.8) is 0 Å². The average molecular weight is 275 g/mol. The maximum atomic E-state index is 11.8. The van der Waals surface area contributed by atoms with Crippen LogP contribution < -0.4 is 5.56 Å². The van der Waals surface area contributed by atoms with Gasteiger partial charge in [-0.1, -0.05) is 0 Å². The summed E-state index contributed by atoms with van der Waals surface area (Å²) in [5.74, 6) is 0. The van der Waals surface area contributed by atoms with Crippen molar-refractivity contribution in [2.75, 3.05) is 6.61 Å². The van der Waals surface area contributed by atoms with Crippen LogP contribution in [0, 0.1) is 13.8 Å². The lowest BCUT2D eigenvalue weighted by Gasteiger charge is -2.35. The summed E-state index contributed by atoms with van der Waals surface area (Å²) in [5, 5.41) is 5.74. The molecule has 1 aliphatic rings. The highest BCUT2D eigenvalue weighted by atomic mass is 16.5. The van der Waals surface area contributed by atoms with Gasteiger partial charge in [0.15, 0.2) is 0 Å². The minimum Gasteiger partial charge on any atom is -0.375 e. The zero-order chi connectivity index (χ0) is 14.5. The predicted octanol–water partition coefficient (Wildman–Crippen LogP) is 2.47. The molecule has 0 unspecified atom stereocenters. The fourth-order valence-electron chi connectivity index (χ4n) is 3.23. The summed E-state index contributed by atoms with van der Waals surface area (Å²) in [4.78, 5) is 14.7. The molecule has 0 aromatic carbocycles. The lowest BCUT2D eigenvalue weighted by molar-refractivity contribution is -0.0702. The molecule has 108 valence electrons. The fourth-order valence-corrected chi connectivity index (χ4v) is 3.23. The Morgan fingerprint density at radius 1 is 1.45 bits per heavy atom. The highest BCUT2D eigenvalue weighted by Crippen LogP contribution is 2.34. The molecule has 2 aromatic rings. The normalized spacial score (nSPS) is 22.3. The highest BCUT2D eigenvalue weighted by Gasteiger charge is 2.31. The second-order valence-electron chi connectivity index (χ2n) is 6.32. The monoisotopic (exact) mass is 275 g/mol. The number of aromatic amines is 1. The van der Waals surface area contributed by atoms with Crippen molar-refractivity contribution in [2.24, 2.45) is 0 Å². The standard InChI is InChI=1S/C15H21N3O2/c1-9-7-12(19)16-14-13(9)10(2)17-18(14)11-5-6-20-15(3,4)8-11/h7,11H,5-6,8H2,1-4H3,(H,16,19)/t11-/m1/s1. The van der Waals surface area contributed by atoms with Crippen LogP contribution in [0.2, 0.25) is 0 Å². The van der Waals surface area contributed by atoms with Crippen LogP contribution in [0.1, 0.15) is 44.0 Å². The minimum absolute atomic E-state index is 0.0672. The van der Waals surface area contributed by atoms with Crippen LogP contribution in [0.4, 0.5) is 0 Å². The van der Waals surface area contributed by atoms with E-state index in [1.165, 1.54) is 0 Å². The van der Waals surface area contributed by atoms with Crippen LogP contribution in [-0.4, -0.2) is 27.0 Å². The van der Waals surface area contributed by atoms with Crippen LogP contribution in [0.5, 0.6) is 0 Å². The van der Waals surface area contributed by atoms with Crippen LogP contribution in [0.15, 0.2) is 10.9 Å². The van der Waals surface area contributed by atoms with Gasteiger partial charge in [-0.05, 0) is 46.1 Å². The molecule has 0 radical (unpaired) electrons. The van der Waals surface area contributed by atoms with E-state index in [9.17, 15) is 4.79 Å². The average Bonchev–Trinajstić information content (AvgIpc) is 2.65. The third kappa shape index (κ3) is 2.16. The van der Waals surface area contributed by atoms with E-state index in [0.717, 1.165) is 41.7 Å². The number of hydrogen-bond donors (Lipinski definition) is 1. The summed E-state index contributed by atoms with van der Waals surface area (Å²) in [6, 6.07) is 1.90. The first kappa shape index (κ1) is 13.4. The van der Waals surface area contributed by atoms with Crippen molar-refractivity contribution in [1.29, 1.82) is 0 Å². The Balaban J connectivity index is 2.15. The molecule has 0 amide bonds. The molecule has 1 saturated heterocycles. The molecule has 0 saturated carbocycles. The largest absolute Gasteiger partial charge is 0.375 e. The summed E-state index contributed by atoms with van der Waals surface area (Å²) in [6.07, 6.45) is 1.83. The first-order valence-electron chi connectivity index (χ1n) is 7.10. The van der Waals surface area contributed by atoms with Crippen LogP contribution in [0.3, 0.4) is 0 Å². The number of ether oxygens (including phenoxy) is 1. The van der Waals surface area contributed by atoms with Gasteiger partial charge in [0.2, 0.25) is 5.56 Å². The molecule has 1 N–H and O–H groups in total. The number of rotatable bonds is 1. The highest BCUT2D eigenvalue weighted by molar-refractivity contribution is 5.81. The zero-order valence-corrected chi connectivity index (χ0v) is 12.5. The number of fused-ring (bicyclic) bond motifs is 1. The first-order valence-corrected chi connectivity index (χ1v) is 7.10. The quantitative estimate of drug-likeness (QED) is 0.869. The van der Waals surface area contributed by atoms with E-state index in [0.29, 0.717) is 0 Å². The zero-order valence-electron chi connectivity index (χ0n) is 12.5. The molecule has 3 rings (SSSR count). The molecule has 5 nitrogen and oxygen atoms in total. The maximum absolute atomic E-state index is 11.8. The number of hydrogen-bond acceptors (Lipinski definition) is 3. The van der Waals surface area contributed by atoms with Gasteiger partial charge in [-0.15, -0.1) is 0 Å². The van der Waals surface area contributed by atoms with E-state index < -0.39 is 0 Å². The van der Waals surface area contributed by atoms with Crippen molar-refractivity contribution >= 4 is 11.0 Å².